The maximum absolute atomic E-state index is 11.3. The minimum absolute atomic E-state index is 0.0190. The number of aliphatic hydroxyl groups excluding tert-OH is 1. The van der Waals surface area contributed by atoms with Gasteiger partial charge in [-0.05, 0) is 39.0 Å². The van der Waals surface area contributed by atoms with Gasteiger partial charge in [-0.3, -0.25) is 9.69 Å². The molecule has 4 heteroatoms. The van der Waals surface area contributed by atoms with Crippen LogP contribution in [0.25, 0.3) is 0 Å². The first-order chi connectivity index (χ1) is 8.45. The van der Waals surface area contributed by atoms with Gasteiger partial charge in [0.15, 0.2) is 5.78 Å². The van der Waals surface area contributed by atoms with Crippen molar-refractivity contribution < 1.29 is 15.0 Å². The van der Waals surface area contributed by atoms with Gasteiger partial charge in [-0.25, -0.2) is 0 Å². The predicted octanol–water partition coefficient (Wildman–Crippen LogP) is 1.80. The first kappa shape index (κ1) is 14.7. The molecule has 18 heavy (non-hydrogen) atoms. The number of hydrogen-bond acceptors (Lipinski definition) is 4. The van der Waals surface area contributed by atoms with Crippen LogP contribution in [0.2, 0.25) is 0 Å². The van der Waals surface area contributed by atoms with E-state index in [0.29, 0.717) is 24.2 Å². The predicted molar refractivity (Wildman–Crippen MR) is 70.7 cm³/mol. The minimum atomic E-state index is -0.0190. The zero-order chi connectivity index (χ0) is 13.7. The van der Waals surface area contributed by atoms with Crippen molar-refractivity contribution in [1.82, 2.24) is 4.90 Å². The van der Waals surface area contributed by atoms with E-state index in [1.54, 1.807) is 18.2 Å². The molecule has 0 aliphatic heterocycles. The number of aliphatic hydroxyl groups is 1. The van der Waals surface area contributed by atoms with Crippen LogP contribution in [0.5, 0.6) is 5.75 Å². The van der Waals surface area contributed by atoms with Gasteiger partial charge >= 0.3 is 0 Å². The highest BCUT2D eigenvalue weighted by atomic mass is 16.3. The third kappa shape index (κ3) is 3.82. The summed E-state index contributed by atoms with van der Waals surface area (Å²) in [6.45, 7) is 6.70. The SMILES string of the molecule is CC(=O)c1ccc(O)c(CN(CCO)C(C)C)c1. The number of aromatic hydroxyl groups is 1. The number of hydrogen-bond donors (Lipinski definition) is 2. The molecule has 0 aliphatic rings. The fraction of sp³-hybridized carbons (Fsp3) is 0.500. The summed E-state index contributed by atoms with van der Waals surface area (Å²) >= 11 is 0. The molecule has 0 heterocycles. The molecule has 0 spiro atoms. The van der Waals surface area contributed by atoms with Crippen molar-refractivity contribution in [2.24, 2.45) is 0 Å². The molecule has 4 nitrogen and oxygen atoms in total. The van der Waals surface area contributed by atoms with Crippen molar-refractivity contribution in [3.05, 3.63) is 29.3 Å². The molecule has 1 rings (SSSR count). The molecule has 0 saturated heterocycles. The van der Waals surface area contributed by atoms with E-state index in [0.717, 1.165) is 0 Å². The van der Waals surface area contributed by atoms with Crippen molar-refractivity contribution >= 4 is 5.78 Å². The summed E-state index contributed by atoms with van der Waals surface area (Å²) in [4.78, 5) is 13.4. The second kappa shape index (κ2) is 6.52. The fourth-order valence-corrected chi connectivity index (χ4v) is 1.80. The number of benzene rings is 1. The Hall–Kier alpha value is -1.39. The van der Waals surface area contributed by atoms with Crippen LogP contribution in [0.3, 0.4) is 0 Å². The Morgan fingerprint density at radius 1 is 1.39 bits per heavy atom. The van der Waals surface area contributed by atoms with Crippen LogP contribution in [0.4, 0.5) is 0 Å². The van der Waals surface area contributed by atoms with Gasteiger partial charge < -0.3 is 10.2 Å². The third-order valence-electron chi connectivity index (χ3n) is 2.98. The van der Waals surface area contributed by atoms with Gasteiger partial charge in [0.05, 0.1) is 6.61 Å². The number of phenols is 1. The average Bonchev–Trinajstić information content (AvgIpc) is 2.30. The maximum Gasteiger partial charge on any atom is 0.159 e. The summed E-state index contributed by atoms with van der Waals surface area (Å²) in [6.07, 6.45) is 0. The summed E-state index contributed by atoms with van der Waals surface area (Å²) in [6, 6.07) is 5.14. The molecule has 0 aromatic heterocycles. The normalized spacial score (nSPS) is 11.2. The van der Waals surface area contributed by atoms with E-state index in [1.807, 2.05) is 18.7 Å². The lowest BCUT2D eigenvalue weighted by Crippen LogP contribution is -2.32. The van der Waals surface area contributed by atoms with Gasteiger partial charge in [-0.1, -0.05) is 0 Å². The molecule has 0 unspecified atom stereocenters. The number of rotatable bonds is 6. The second-order valence-electron chi connectivity index (χ2n) is 4.69. The van der Waals surface area contributed by atoms with Crippen LogP contribution >= 0.6 is 0 Å². The largest absolute Gasteiger partial charge is 0.508 e. The minimum Gasteiger partial charge on any atom is -0.508 e. The summed E-state index contributed by atoms with van der Waals surface area (Å²) in [7, 11) is 0. The van der Waals surface area contributed by atoms with Gasteiger partial charge in [0.2, 0.25) is 0 Å². The van der Waals surface area contributed by atoms with Crippen LogP contribution in [0.15, 0.2) is 18.2 Å². The van der Waals surface area contributed by atoms with Crippen molar-refractivity contribution in [1.29, 1.82) is 0 Å². The third-order valence-corrected chi connectivity index (χ3v) is 2.98. The zero-order valence-corrected chi connectivity index (χ0v) is 11.2. The smallest absolute Gasteiger partial charge is 0.159 e. The van der Waals surface area contributed by atoms with Gasteiger partial charge in [-0.15, -0.1) is 0 Å². The van der Waals surface area contributed by atoms with Crippen LogP contribution in [0, 0.1) is 0 Å². The standard InChI is InChI=1S/C14H21NO3/c1-10(2)15(6-7-16)9-13-8-12(11(3)17)4-5-14(13)18/h4-5,8,10,16,18H,6-7,9H2,1-3H3. The van der Waals surface area contributed by atoms with Crippen LogP contribution in [-0.4, -0.2) is 40.1 Å². The first-order valence-corrected chi connectivity index (χ1v) is 6.13. The highest BCUT2D eigenvalue weighted by molar-refractivity contribution is 5.94. The number of carbonyl (C=O) groups excluding carboxylic acids is 1. The molecule has 0 saturated carbocycles. The fourth-order valence-electron chi connectivity index (χ4n) is 1.80. The summed E-state index contributed by atoms with van der Waals surface area (Å²) in [5.74, 6) is 0.165. The Balaban J connectivity index is 2.93. The second-order valence-corrected chi connectivity index (χ2v) is 4.69. The summed E-state index contributed by atoms with van der Waals surface area (Å²) in [5, 5.41) is 18.8. The molecular weight excluding hydrogens is 230 g/mol. The topological polar surface area (TPSA) is 60.8 Å². The van der Waals surface area contributed by atoms with Crippen molar-refractivity contribution in [3.8, 4) is 5.75 Å². The van der Waals surface area contributed by atoms with E-state index in [1.165, 1.54) is 6.92 Å². The van der Waals surface area contributed by atoms with Gasteiger partial charge in [0.1, 0.15) is 5.75 Å². The molecule has 2 N–H and O–H groups in total. The quantitative estimate of drug-likeness (QED) is 0.757. The van der Waals surface area contributed by atoms with Gasteiger partial charge in [-0.2, -0.15) is 0 Å². The Labute approximate surface area is 108 Å². The molecule has 0 fully saturated rings. The van der Waals surface area contributed by atoms with Crippen LogP contribution < -0.4 is 0 Å². The number of Topliss-reactive ketones (excluding diaryl/α,β-unsaturated/α-hetero) is 1. The monoisotopic (exact) mass is 251 g/mol. The maximum atomic E-state index is 11.3. The number of carbonyl (C=O) groups is 1. The molecule has 1 aromatic carbocycles. The van der Waals surface area contributed by atoms with Gasteiger partial charge in [0.25, 0.3) is 0 Å². The van der Waals surface area contributed by atoms with Crippen molar-refractivity contribution in [2.45, 2.75) is 33.4 Å². The molecule has 100 valence electrons. The Bertz CT molecular complexity index is 416. The lowest BCUT2D eigenvalue weighted by molar-refractivity contribution is 0.101. The van der Waals surface area contributed by atoms with E-state index < -0.39 is 0 Å². The Kier molecular flexibility index (Phi) is 5.31. The Morgan fingerprint density at radius 3 is 2.56 bits per heavy atom. The lowest BCUT2D eigenvalue weighted by atomic mass is 10.1. The molecule has 0 bridgehead atoms. The van der Waals surface area contributed by atoms with Crippen molar-refractivity contribution in [3.63, 3.8) is 0 Å². The van der Waals surface area contributed by atoms with E-state index in [-0.39, 0.29) is 24.2 Å². The number of nitrogens with zero attached hydrogens (tertiary/aromatic N) is 1. The zero-order valence-electron chi connectivity index (χ0n) is 11.2. The summed E-state index contributed by atoms with van der Waals surface area (Å²) in [5.41, 5.74) is 1.31. The molecule has 1 aromatic rings. The van der Waals surface area contributed by atoms with E-state index >= 15 is 0 Å². The highest BCUT2D eigenvalue weighted by Crippen LogP contribution is 2.21. The van der Waals surface area contributed by atoms with Gasteiger partial charge in [0, 0.05) is 30.3 Å². The van der Waals surface area contributed by atoms with Crippen molar-refractivity contribution in [2.75, 3.05) is 13.2 Å². The first-order valence-electron chi connectivity index (χ1n) is 6.13. The highest BCUT2D eigenvalue weighted by Gasteiger charge is 2.13. The average molecular weight is 251 g/mol. The molecule has 0 amide bonds. The molecular formula is C14H21NO3. The molecule has 0 atom stereocenters. The summed E-state index contributed by atoms with van der Waals surface area (Å²) < 4.78 is 0. The Morgan fingerprint density at radius 2 is 2.06 bits per heavy atom. The number of ketones is 1. The number of phenolic OH excluding ortho intramolecular Hbond substituents is 1. The molecule has 0 aliphatic carbocycles. The van der Waals surface area contributed by atoms with Crippen LogP contribution in [0.1, 0.15) is 36.7 Å². The van der Waals surface area contributed by atoms with E-state index in [2.05, 4.69) is 0 Å². The van der Waals surface area contributed by atoms with E-state index in [9.17, 15) is 9.90 Å². The molecule has 0 radical (unpaired) electrons. The van der Waals surface area contributed by atoms with E-state index in [4.69, 9.17) is 5.11 Å². The lowest BCUT2D eigenvalue weighted by Gasteiger charge is -2.26. The van der Waals surface area contributed by atoms with Crippen LogP contribution in [-0.2, 0) is 6.54 Å².